The lowest BCUT2D eigenvalue weighted by Crippen LogP contribution is -2.56. The Labute approximate surface area is 170 Å². The van der Waals surface area contributed by atoms with Crippen LogP contribution in [0.2, 0.25) is 0 Å². The summed E-state index contributed by atoms with van der Waals surface area (Å²) in [4.78, 5) is 38.2. The molecule has 5 atom stereocenters. The van der Waals surface area contributed by atoms with Gasteiger partial charge in [-0.15, -0.1) is 0 Å². The smallest absolute Gasteiger partial charge is 0.226 e. The van der Waals surface area contributed by atoms with Crippen molar-refractivity contribution in [1.29, 1.82) is 0 Å². The molecule has 6 heteroatoms. The summed E-state index contributed by atoms with van der Waals surface area (Å²) >= 11 is 0. The Kier molecular flexibility index (Phi) is 4.57. The van der Waals surface area contributed by atoms with E-state index in [1.165, 1.54) is 0 Å². The van der Waals surface area contributed by atoms with Gasteiger partial charge in [-0.1, -0.05) is 12.1 Å². The number of aromatic nitrogens is 2. The minimum absolute atomic E-state index is 0.0611. The number of carbonyl (C=O) groups excluding carboxylic acids is 2. The van der Waals surface area contributed by atoms with Crippen LogP contribution < -0.4 is 0 Å². The maximum absolute atomic E-state index is 13.0. The van der Waals surface area contributed by atoms with Gasteiger partial charge in [0.25, 0.3) is 0 Å². The van der Waals surface area contributed by atoms with Gasteiger partial charge in [-0.3, -0.25) is 19.6 Å². The van der Waals surface area contributed by atoms with E-state index >= 15 is 0 Å². The Morgan fingerprint density at radius 1 is 0.897 bits per heavy atom. The number of pyridine rings is 2. The third-order valence-electron chi connectivity index (χ3n) is 6.66. The van der Waals surface area contributed by atoms with Crippen molar-refractivity contribution >= 4 is 11.8 Å². The van der Waals surface area contributed by atoms with Gasteiger partial charge in [-0.05, 0) is 54.9 Å². The van der Waals surface area contributed by atoms with Crippen LogP contribution >= 0.6 is 0 Å². The number of amides is 2. The minimum atomic E-state index is 0.0611. The molecule has 5 rings (SSSR count). The largest absolute Gasteiger partial charge is 0.339 e. The molecule has 2 aliphatic carbocycles. The second-order valence-electron chi connectivity index (χ2n) is 8.64. The molecule has 3 fully saturated rings. The molecule has 0 bridgehead atoms. The Morgan fingerprint density at radius 2 is 1.48 bits per heavy atom. The number of carbonyl (C=O) groups is 2. The van der Waals surface area contributed by atoms with Gasteiger partial charge in [0.05, 0.1) is 0 Å². The topological polar surface area (TPSA) is 66.4 Å². The van der Waals surface area contributed by atoms with E-state index in [0.29, 0.717) is 31.5 Å². The molecule has 150 valence electrons. The van der Waals surface area contributed by atoms with Crippen molar-refractivity contribution in [3.63, 3.8) is 0 Å². The molecule has 2 amide bonds. The number of hydrogen-bond acceptors (Lipinski definition) is 4. The molecule has 0 N–H and O–H groups in total. The van der Waals surface area contributed by atoms with Gasteiger partial charge in [0, 0.05) is 62.3 Å². The highest BCUT2D eigenvalue weighted by Crippen LogP contribution is 2.49. The van der Waals surface area contributed by atoms with E-state index in [0.717, 1.165) is 24.0 Å². The van der Waals surface area contributed by atoms with Gasteiger partial charge >= 0.3 is 0 Å². The second kappa shape index (κ2) is 7.25. The highest BCUT2D eigenvalue weighted by Gasteiger charge is 2.49. The predicted molar refractivity (Wildman–Crippen MR) is 108 cm³/mol. The van der Waals surface area contributed by atoms with E-state index < -0.39 is 0 Å². The zero-order chi connectivity index (χ0) is 20.0. The summed E-state index contributed by atoms with van der Waals surface area (Å²) < 4.78 is 0. The number of piperazine rings is 1. The lowest BCUT2D eigenvalue weighted by atomic mass is 10.1. The molecular formula is C23H26N4O2. The van der Waals surface area contributed by atoms with Crippen LogP contribution in [0.15, 0.2) is 49.1 Å². The normalized spacial score (nSPS) is 30.7. The van der Waals surface area contributed by atoms with Crippen molar-refractivity contribution in [3.05, 3.63) is 60.2 Å². The summed E-state index contributed by atoms with van der Waals surface area (Å²) in [6, 6.07) is 8.03. The van der Waals surface area contributed by atoms with Crippen molar-refractivity contribution < 1.29 is 9.59 Å². The highest BCUT2D eigenvalue weighted by atomic mass is 16.2. The van der Waals surface area contributed by atoms with Gasteiger partial charge in [-0.25, -0.2) is 0 Å². The SMILES string of the molecule is C[C@H]1CN(C(=O)C2CC2c2cccnc2)CCN1C(=O)C1CC1c1cccnc1. The Bertz CT molecular complexity index is 904. The molecule has 0 aromatic carbocycles. The van der Waals surface area contributed by atoms with Crippen LogP contribution in [-0.2, 0) is 9.59 Å². The standard InChI is InChI=1S/C23H26N4O2/c1-15-14-26(22(28)20-10-18(20)16-4-2-6-24-12-16)8-9-27(15)23(29)21-11-19(21)17-5-3-7-25-13-17/h2-7,12-13,15,18-21H,8-11,14H2,1H3/t15-,18?,19?,20?,21?/m0/s1. The van der Waals surface area contributed by atoms with Gasteiger partial charge in [-0.2, -0.15) is 0 Å². The first-order valence-corrected chi connectivity index (χ1v) is 10.5. The molecule has 6 nitrogen and oxygen atoms in total. The fraction of sp³-hybridized carbons (Fsp3) is 0.478. The van der Waals surface area contributed by atoms with E-state index in [4.69, 9.17) is 0 Å². The van der Waals surface area contributed by atoms with Crippen LogP contribution in [-0.4, -0.2) is 57.3 Å². The fourth-order valence-corrected chi connectivity index (χ4v) is 4.80. The van der Waals surface area contributed by atoms with Gasteiger partial charge < -0.3 is 9.80 Å². The minimum Gasteiger partial charge on any atom is -0.339 e. The number of nitrogens with zero attached hydrogens (tertiary/aromatic N) is 4. The second-order valence-corrected chi connectivity index (χ2v) is 8.64. The monoisotopic (exact) mass is 390 g/mol. The molecule has 3 aliphatic rings. The number of rotatable bonds is 4. The van der Waals surface area contributed by atoms with Gasteiger partial charge in [0.1, 0.15) is 0 Å². The molecule has 0 radical (unpaired) electrons. The lowest BCUT2D eigenvalue weighted by Gasteiger charge is -2.40. The molecule has 2 saturated carbocycles. The summed E-state index contributed by atoms with van der Waals surface area (Å²) in [5, 5.41) is 0. The van der Waals surface area contributed by atoms with E-state index in [1.807, 2.05) is 34.3 Å². The predicted octanol–water partition coefficient (Wildman–Crippen LogP) is 2.44. The van der Waals surface area contributed by atoms with Crippen molar-refractivity contribution in [3.8, 4) is 0 Å². The summed E-state index contributed by atoms with van der Waals surface area (Å²) in [6.07, 6.45) is 9.08. The summed E-state index contributed by atoms with van der Waals surface area (Å²) in [5.74, 6) is 1.22. The third-order valence-corrected chi connectivity index (χ3v) is 6.66. The van der Waals surface area contributed by atoms with Crippen LogP contribution in [0.4, 0.5) is 0 Å². The van der Waals surface area contributed by atoms with Crippen molar-refractivity contribution in [2.24, 2.45) is 11.8 Å². The average molecular weight is 390 g/mol. The zero-order valence-electron chi connectivity index (χ0n) is 16.6. The van der Waals surface area contributed by atoms with E-state index in [-0.39, 0.29) is 29.7 Å². The first-order chi connectivity index (χ1) is 14.1. The Balaban J connectivity index is 1.16. The molecule has 2 aromatic heterocycles. The quantitative estimate of drug-likeness (QED) is 0.804. The average Bonchev–Trinajstić information content (AvgIpc) is 3.68. The zero-order valence-corrected chi connectivity index (χ0v) is 16.6. The molecule has 29 heavy (non-hydrogen) atoms. The molecule has 1 aliphatic heterocycles. The van der Waals surface area contributed by atoms with E-state index in [1.54, 1.807) is 12.4 Å². The number of hydrogen-bond donors (Lipinski definition) is 0. The molecule has 2 aromatic rings. The fourth-order valence-electron chi connectivity index (χ4n) is 4.80. The van der Waals surface area contributed by atoms with Gasteiger partial charge in [0.15, 0.2) is 0 Å². The summed E-state index contributed by atoms with van der Waals surface area (Å²) in [6.45, 7) is 3.96. The van der Waals surface area contributed by atoms with Crippen molar-refractivity contribution in [2.75, 3.05) is 19.6 Å². The summed E-state index contributed by atoms with van der Waals surface area (Å²) in [5.41, 5.74) is 2.31. The first kappa shape index (κ1) is 18.3. The first-order valence-electron chi connectivity index (χ1n) is 10.5. The molecule has 3 heterocycles. The van der Waals surface area contributed by atoms with Crippen molar-refractivity contribution in [1.82, 2.24) is 19.8 Å². The maximum atomic E-state index is 13.0. The maximum Gasteiger partial charge on any atom is 0.226 e. The molecule has 0 spiro atoms. The van der Waals surface area contributed by atoms with Crippen LogP contribution in [0.25, 0.3) is 0 Å². The van der Waals surface area contributed by atoms with Crippen LogP contribution in [0.3, 0.4) is 0 Å². The van der Waals surface area contributed by atoms with E-state index in [9.17, 15) is 9.59 Å². The van der Waals surface area contributed by atoms with Crippen LogP contribution in [0, 0.1) is 11.8 Å². The van der Waals surface area contributed by atoms with Crippen LogP contribution in [0.5, 0.6) is 0 Å². The van der Waals surface area contributed by atoms with Crippen molar-refractivity contribution in [2.45, 2.75) is 37.6 Å². The van der Waals surface area contributed by atoms with Crippen LogP contribution in [0.1, 0.15) is 42.7 Å². The molecular weight excluding hydrogens is 364 g/mol. The molecule has 4 unspecified atom stereocenters. The summed E-state index contributed by atoms with van der Waals surface area (Å²) in [7, 11) is 0. The Hall–Kier alpha value is -2.76. The third kappa shape index (κ3) is 3.52. The van der Waals surface area contributed by atoms with Gasteiger partial charge in [0.2, 0.25) is 11.8 Å². The van der Waals surface area contributed by atoms with E-state index in [2.05, 4.69) is 29.0 Å². The highest BCUT2D eigenvalue weighted by molar-refractivity contribution is 5.85. The molecule has 1 saturated heterocycles. The Morgan fingerprint density at radius 3 is 2.00 bits per heavy atom. The lowest BCUT2D eigenvalue weighted by molar-refractivity contribution is -0.144.